The van der Waals surface area contributed by atoms with E-state index >= 15 is 0 Å². The van der Waals surface area contributed by atoms with Crippen molar-refractivity contribution >= 4 is 15.9 Å². The number of hydrogen-bond donors (Lipinski definition) is 1. The molecule has 23 heavy (non-hydrogen) atoms. The summed E-state index contributed by atoms with van der Waals surface area (Å²) in [6.07, 6.45) is 0. The lowest BCUT2D eigenvalue weighted by atomic mass is 10.1. The van der Waals surface area contributed by atoms with Crippen LogP contribution in [0.4, 0.5) is 0 Å². The molecule has 1 aromatic heterocycles. The summed E-state index contributed by atoms with van der Waals surface area (Å²) < 4.78 is 31.8. The number of nitrogens with one attached hydrogen (secondary N) is 1. The fourth-order valence-corrected chi connectivity index (χ4v) is 4.54. The molecule has 0 aliphatic carbocycles. The minimum absolute atomic E-state index is 0.0498. The van der Waals surface area contributed by atoms with E-state index in [9.17, 15) is 13.2 Å². The number of carbonyl (C=O) groups is 1. The maximum Gasteiger partial charge on any atom is 0.248 e. The second-order valence-corrected chi connectivity index (χ2v) is 7.72. The Morgan fingerprint density at radius 2 is 1.91 bits per heavy atom. The van der Waals surface area contributed by atoms with Gasteiger partial charge in [0.25, 0.3) is 0 Å². The second kappa shape index (κ2) is 6.98. The van der Waals surface area contributed by atoms with Crippen LogP contribution in [-0.4, -0.2) is 68.5 Å². The average Bonchev–Trinajstić information content (AvgIpc) is 2.86. The van der Waals surface area contributed by atoms with Gasteiger partial charge in [0.15, 0.2) is 5.76 Å². The van der Waals surface area contributed by atoms with E-state index < -0.39 is 10.0 Å². The molecule has 0 spiro atoms. The molecule has 0 aromatic carbocycles. The standard InChI is InChI=1S/C14H24N4O4S/c1-10(9-15-4)14(19)17-5-7-18(8-6-17)23(20,21)13-11(2)16-22-12(13)3/h10,15H,5-9H2,1-4H3. The molecule has 0 saturated carbocycles. The third-order valence-corrected chi connectivity index (χ3v) is 6.19. The van der Waals surface area contributed by atoms with Gasteiger partial charge in [-0.1, -0.05) is 12.1 Å². The summed E-state index contributed by atoms with van der Waals surface area (Å²) in [6.45, 7) is 7.04. The summed E-state index contributed by atoms with van der Waals surface area (Å²) in [7, 11) is -1.83. The van der Waals surface area contributed by atoms with Crippen molar-refractivity contribution < 1.29 is 17.7 Å². The maximum absolute atomic E-state index is 12.7. The summed E-state index contributed by atoms with van der Waals surface area (Å²) in [5.41, 5.74) is 0.364. The maximum atomic E-state index is 12.7. The fourth-order valence-electron chi connectivity index (χ4n) is 2.83. The van der Waals surface area contributed by atoms with Crippen LogP contribution >= 0.6 is 0 Å². The zero-order valence-electron chi connectivity index (χ0n) is 14.0. The van der Waals surface area contributed by atoms with E-state index in [4.69, 9.17) is 4.52 Å². The van der Waals surface area contributed by atoms with Gasteiger partial charge in [0.05, 0.1) is 0 Å². The molecule has 1 aliphatic heterocycles. The first-order valence-electron chi connectivity index (χ1n) is 7.65. The molecule has 1 aliphatic rings. The predicted molar refractivity (Wildman–Crippen MR) is 84.4 cm³/mol. The Balaban J connectivity index is 2.06. The van der Waals surface area contributed by atoms with Crippen LogP contribution in [0, 0.1) is 19.8 Å². The summed E-state index contributed by atoms with van der Waals surface area (Å²) in [6, 6.07) is 0. The van der Waals surface area contributed by atoms with Crippen LogP contribution in [0.3, 0.4) is 0 Å². The van der Waals surface area contributed by atoms with E-state index in [2.05, 4.69) is 10.5 Å². The normalized spacial score (nSPS) is 18.2. The van der Waals surface area contributed by atoms with Crippen LogP contribution < -0.4 is 5.32 Å². The second-order valence-electron chi connectivity index (χ2n) is 5.84. The number of piperazine rings is 1. The molecule has 130 valence electrons. The molecule has 1 aromatic rings. The van der Waals surface area contributed by atoms with Crippen LogP contribution in [0.5, 0.6) is 0 Å². The van der Waals surface area contributed by atoms with Crippen molar-refractivity contribution in [3.63, 3.8) is 0 Å². The highest BCUT2D eigenvalue weighted by molar-refractivity contribution is 7.89. The van der Waals surface area contributed by atoms with E-state index in [0.29, 0.717) is 31.1 Å². The first-order chi connectivity index (χ1) is 10.8. The Bertz CT molecular complexity index is 643. The number of carbonyl (C=O) groups excluding carboxylic acids is 1. The lowest BCUT2D eigenvalue weighted by Gasteiger charge is -2.35. The monoisotopic (exact) mass is 344 g/mol. The van der Waals surface area contributed by atoms with Gasteiger partial charge in [0, 0.05) is 38.6 Å². The van der Waals surface area contributed by atoms with E-state index in [1.807, 2.05) is 6.92 Å². The lowest BCUT2D eigenvalue weighted by molar-refractivity contribution is -0.136. The van der Waals surface area contributed by atoms with Crippen molar-refractivity contribution in [2.24, 2.45) is 5.92 Å². The predicted octanol–water partition coefficient (Wildman–Crippen LogP) is -0.0202. The molecule has 1 N–H and O–H groups in total. The summed E-state index contributed by atoms with van der Waals surface area (Å²) in [5.74, 6) is 0.225. The molecule has 0 bridgehead atoms. The number of rotatable bonds is 5. The van der Waals surface area contributed by atoms with Crippen molar-refractivity contribution in [3.05, 3.63) is 11.5 Å². The van der Waals surface area contributed by atoms with Gasteiger partial charge in [-0.25, -0.2) is 8.42 Å². The zero-order chi connectivity index (χ0) is 17.2. The van der Waals surface area contributed by atoms with Crippen molar-refractivity contribution in [2.75, 3.05) is 39.8 Å². The molecular formula is C14H24N4O4S. The van der Waals surface area contributed by atoms with Crippen LogP contribution in [0.15, 0.2) is 9.42 Å². The van der Waals surface area contributed by atoms with Crippen LogP contribution in [-0.2, 0) is 14.8 Å². The van der Waals surface area contributed by atoms with Crippen molar-refractivity contribution in [1.82, 2.24) is 19.7 Å². The smallest absolute Gasteiger partial charge is 0.248 e. The molecular weight excluding hydrogens is 320 g/mol. The van der Waals surface area contributed by atoms with Gasteiger partial charge in [0.1, 0.15) is 10.6 Å². The number of sulfonamides is 1. The van der Waals surface area contributed by atoms with Crippen LogP contribution in [0.1, 0.15) is 18.4 Å². The first kappa shape index (κ1) is 17.9. The van der Waals surface area contributed by atoms with Gasteiger partial charge in [-0.05, 0) is 20.9 Å². The van der Waals surface area contributed by atoms with Gasteiger partial charge >= 0.3 is 0 Å². The van der Waals surface area contributed by atoms with Gasteiger partial charge in [0.2, 0.25) is 15.9 Å². The molecule has 2 rings (SSSR count). The van der Waals surface area contributed by atoms with E-state index in [1.54, 1.807) is 25.8 Å². The number of aromatic nitrogens is 1. The summed E-state index contributed by atoms with van der Waals surface area (Å²) >= 11 is 0. The Kier molecular flexibility index (Phi) is 5.43. The van der Waals surface area contributed by atoms with Gasteiger partial charge in [-0.15, -0.1) is 0 Å². The molecule has 1 atom stereocenters. The molecule has 2 heterocycles. The highest BCUT2D eigenvalue weighted by Crippen LogP contribution is 2.24. The SMILES string of the molecule is CNCC(C)C(=O)N1CCN(S(=O)(=O)c2c(C)noc2C)CC1. The van der Waals surface area contributed by atoms with E-state index in [1.165, 1.54) is 4.31 Å². The highest BCUT2D eigenvalue weighted by atomic mass is 32.2. The molecule has 8 nitrogen and oxygen atoms in total. The van der Waals surface area contributed by atoms with E-state index in [0.717, 1.165) is 0 Å². The Morgan fingerprint density at radius 1 is 1.30 bits per heavy atom. The number of aryl methyl sites for hydroxylation is 2. The quantitative estimate of drug-likeness (QED) is 0.806. The Labute approximate surface area is 136 Å². The molecule has 1 unspecified atom stereocenters. The Hall–Kier alpha value is -1.45. The fraction of sp³-hybridized carbons (Fsp3) is 0.714. The first-order valence-corrected chi connectivity index (χ1v) is 9.09. The average molecular weight is 344 g/mol. The number of hydrogen-bond acceptors (Lipinski definition) is 6. The van der Waals surface area contributed by atoms with Gasteiger partial charge in [-0.2, -0.15) is 4.31 Å². The Morgan fingerprint density at radius 3 is 2.39 bits per heavy atom. The number of amides is 1. The molecule has 1 amide bonds. The van der Waals surface area contributed by atoms with Crippen molar-refractivity contribution in [2.45, 2.75) is 25.7 Å². The van der Waals surface area contributed by atoms with Gasteiger partial charge in [-0.3, -0.25) is 4.79 Å². The largest absolute Gasteiger partial charge is 0.360 e. The minimum Gasteiger partial charge on any atom is -0.360 e. The third kappa shape index (κ3) is 3.56. The topological polar surface area (TPSA) is 95.8 Å². The van der Waals surface area contributed by atoms with Crippen LogP contribution in [0.25, 0.3) is 0 Å². The van der Waals surface area contributed by atoms with Crippen LogP contribution in [0.2, 0.25) is 0 Å². The highest BCUT2D eigenvalue weighted by Gasteiger charge is 2.34. The summed E-state index contributed by atoms with van der Waals surface area (Å²) in [4.78, 5) is 14.1. The van der Waals surface area contributed by atoms with E-state index in [-0.39, 0.29) is 29.8 Å². The lowest BCUT2D eigenvalue weighted by Crippen LogP contribution is -2.52. The van der Waals surface area contributed by atoms with Crippen molar-refractivity contribution in [1.29, 1.82) is 0 Å². The molecule has 0 radical (unpaired) electrons. The number of nitrogens with zero attached hydrogens (tertiary/aromatic N) is 3. The van der Waals surface area contributed by atoms with Crippen molar-refractivity contribution in [3.8, 4) is 0 Å². The third-order valence-electron chi connectivity index (χ3n) is 4.05. The van der Waals surface area contributed by atoms with Gasteiger partial charge < -0.3 is 14.7 Å². The summed E-state index contributed by atoms with van der Waals surface area (Å²) in [5, 5.41) is 6.69. The molecule has 1 saturated heterocycles. The minimum atomic E-state index is -3.63. The molecule has 1 fully saturated rings. The molecule has 9 heteroatoms. The zero-order valence-corrected chi connectivity index (χ0v) is 14.8.